The molecule has 1 heterocycles. The Labute approximate surface area is 54.0 Å². The average molecular weight is 122 g/mol. The highest BCUT2D eigenvalue weighted by Gasteiger charge is 1.90. The normalized spacial score (nSPS) is 8.44. The second-order valence-corrected chi connectivity index (χ2v) is 1.51. The number of rotatable bonds is 2. The molecule has 0 saturated heterocycles. The molecule has 0 fully saturated rings. The third kappa shape index (κ3) is 1.57. The van der Waals surface area contributed by atoms with Crippen molar-refractivity contribution in [2.45, 2.75) is 0 Å². The molecule has 0 atom stereocenters. The van der Waals surface area contributed by atoms with Gasteiger partial charge in [0.1, 0.15) is 0 Å². The van der Waals surface area contributed by atoms with Gasteiger partial charge in [0.2, 0.25) is 12.4 Å². The fourth-order valence-corrected chi connectivity index (χ4v) is 0.539. The van der Waals surface area contributed by atoms with Crippen molar-refractivity contribution in [1.82, 2.24) is 0 Å². The Morgan fingerprint density at radius 1 is 1.22 bits per heavy atom. The van der Waals surface area contributed by atoms with E-state index in [1.165, 1.54) is 6.26 Å². The molecule has 0 radical (unpaired) electrons. The van der Waals surface area contributed by atoms with Crippen LogP contribution in [0.5, 0.6) is 0 Å². The molecule has 0 amide bonds. The van der Waals surface area contributed by atoms with E-state index in [0.29, 0.717) is 0 Å². The van der Waals surface area contributed by atoms with Crippen molar-refractivity contribution in [2.24, 2.45) is 0 Å². The number of hydrogen-bond acceptors (Lipinski definition) is 1. The Morgan fingerprint density at radius 3 is 2.44 bits per heavy atom. The molecule has 0 saturated carbocycles. The van der Waals surface area contributed by atoms with E-state index in [1.807, 2.05) is 18.2 Å². The molecule has 0 aliphatic carbocycles. The molecule has 1 rings (SSSR count). The molecule has 46 valence electrons. The van der Waals surface area contributed by atoms with Gasteiger partial charge in [-0.2, -0.15) is 0 Å². The molecule has 0 aliphatic rings. The van der Waals surface area contributed by atoms with Crippen LogP contribution in [-0.2, 0) is 0 Å². The van der Waals surface area contributed by atoms with Crippen LogP contribution in [0, 0.1) is 0 Å². The predicted molar refractivity (Wildman–Crippen MR) is 33.4 cm³/mol. The van der Waals surface area contributed by atoms with E-state index in [9.17, 15) is 0 Å². The summed E-state index contributed by atoms with van der Waals surface area (Å²) in [5.74, 6) is 0. The van der Waals surface area contributed by atoms with Crippen molar-refractivity contribution >= 4 is 0 Å². The maximum atomic E-state index is 4.89. The van der Waals surface area contributed by atoms with Crippen molar-refractivity contribution in [3.8, 4) is 0 Å². The maximum Gasteiger partial charge on any atom is 0.223 e. The number of nitrogens with zero attached hydrogens (tertiary/aromatic N) is 1. The quantitative estimate of drug-likeness (QED) is 0.412. The van der Waals surface area contributed by atoms with E-state index in [4.69, 9.17) is 4.84 Å². The Kier molecular flexibility index (Phi) is 1.85. The van der Waals surface area contributed by atoms with Crippen molar-refractivity contribution in [2.75, 3.05) is 0 Å². The van der Waals surface area contributed by atoms with E-state index in [-0.39, 0.29) is 0 Å². The van der Waals surface area contributed by atoms with Crippen LogP contribution < -0.4 is 9.57 Å². The van der Waals surface area contributed by atoms with Crippen LogP contribution in [0.15, 0.2) is 43.4 Å². The lowest BCUT2D eigenvalue weighted by atomic mass is 10.5. The fraction of sp³-hybridized carbons (Fsp3) is 0. The fourth-order valence-electron chi connectivity index (χ4n) is 0.539. The first-order chi connectivity index (χ1) is 4.43. The number of hydrogen-bond donors (Lipinski definition) is 0. The van der Waals surface area contributed by atoms with Crippen molar-refractivity contribution in [1.29, 1.82) is 0 Å². The highest BCUT2D eigenvalue weighted by atomic mass is 16.6. The third-order valence-corrected chi connectivity index (χ3v) is 0.884. The average Bonchev–Trinajstić information content (AvgIpc) is 1.91. The summed E-state index contributed by atoms with van der Waals surface area (Å²) in [6, 6.07) is 5.68. The summed E-state index contributed by atoms with van der Waals surface area (Å²) in [6.45, 7) is 3.41. The summed E-state index contributed by atoms with van der Waals surface area (Å²) in [5, 5.41) is 0. The minimum atomic E-state index is 1.38. The van der Waals surface area contributed by atoms with Crippen molar-refractivity contribution < 1.29 is 9.57 Å². The summed E-state index contributed by atoms with van der Waals surface area (Å²) < 4.78 is 1.56. The Morgan fingerprint density at radius 2 is 1.89 bits per heavy atom. The summed E-state index contributed by atoms with van der Waals surface area (Å²) in [6.07, 6.45) is 4.96. The predicted octanol–water partition coefficient (Wildman–Crippen LogP) is 0.546. The molecule has 0 bridgehead atoms. The highest BCUT2D eigenvalue weighted by Crippen LogP contribution is 1.73. The second-order valence-electron chi connectivity index (χ2n) is 1.51. The first-order valence-electron chi connectivity index (χ1n) is 2.68. The van der Waals surface area contributed by atoms with E-state index in [1.54, 1.807) is 17.1 Å². The van der Waals surface area contributed by atoms with Gasteiger partial charge in [-0.05, 0) is 0 Å². The first-order valence-corrected chi connectivity index (χ1v) is 2.68. The molecule has 0 N–H and O–H groups in total. The lowest BCUT2D eigenvalue weighted by Gasteiger charge is -1.85. The van der Waals surface area contributed by atoms with Gasteiger partial charge in [0.15, 0.2) is 6.26 Å². The zero-order valence-corrected chi connectivity index (χ0v) is 5.03. The molecule has 9 heavy (non-hydrogen) atoms. The smallest absolute Gasteiger partial charge is 0.223 e. The molecule has 0 aliphatic heterocycles. The Balaban J connectivity index is 2.72. The van der Waals surface area contributed by atoms with Gasteiger partial charge in [0.05, 0.1) is 0 Å². The molecule has 0 unspecified atom stereocenters. The lowest BCUT2D eigenvalue weighted by molar-refractivity contribution is -0.876. The second kappa shape index (κ2) is 2.87. The first kappa shape index (κ1) is 5.82. The zero-order valence-electron chi connectivity index (χ0n) is 5.03. The van der Waals surface area contributed by atoms with Crippen LogP contribution in [0.2, 0.25) is 0 Å². The van der Waals surface area contributed by atoms with Crippen molar-refractivity contribution in [3.63, 3.8) is 0 Å². The molecule has 2 nitrogen and oxygen atoms in total. The Hall–Kier alpha value is -1.31. The standard InChI is InChI=1S/C7H8NO/c1-2-9-8-6-4-3-5-7-8/h2-7H,1H2/q+1. The maximum absolute atomic E-state index is 4.89. The van der Waals surface area contributed by atoms with Crippen LogP contribution in [0.3, 0.4) is 0 Å². The van der Waals surface area contributed by atoms with Gasteiger partial charge in [0.25, 0.3) is 0 Å². The molecule has 0 spiro atoms. The van der Waals surface area contributed by atoms with Gasteiger partial charge >= 0.3 is 0 Å². The minimum absolute atomic E-state index is 1.38. The zero-order chi connectivity index (χ0) is 6.53. The molecule has 0 aromatic carbocycles. The SMILES string of the molecule is C=CO[n+]1ccccc1. The van der Waals surface area contributed by atoms with E-state index >= 15 is 0 Å². The van der Waals surface area contributed by atoms with Gasteiger partial charge in [-0.3, -0.25) is 0 Å². The monoisotopic (exact) mass is 122 g/mol. The van der Waals surface area contributed by atoms with Gasteiger partial charge in [-0.15, -0.1) is 0 Å². The van der Waals surface area contributed by atoms with E-state index in [2.05, 4.69) is 6.58 Å². The molecule has 1 aromatic rings. The van der Waals surface area contributed by atoms with Gasteiger partial charge < -0.3 is 0 Å². The summed E-state index contributed by atoms with van der Waals surface area (Å²) >= 11 is 0. The highest BCUT2D eigenvalue weighted by molar-refractivity contribution is 4.83. The van der Waals surface area contributed by atoms with E-state index in [0.717, 1.165) is 0 Å². The lowest BCUT2D eigenvalue weighted by Crippen LogP contribution is -2.38. The van der Waals surface area contributed by atoms with Crippen molar-refractivity contribution in [3.05, 3.63) is 43.4 Å². The third-order valence-electron chi connectivity index (χ3n) is 0.884. The summed E-state index contributed by atoms with van der Waals surface area (Å²) in [7, 11) is 0. The molecular formula is C7H8NO+. The van der Waals surface area contributed by atoms with Crippen LogP contribution in [0.1, 0.15) is 0 Å². The minimum Gasteiger partial charge on any atom is -0.240 e. The van der Waals surface area contributed by atoms with E-state index < -0.39 is 0 Å². The summed E-state index contributed by atoms with van der Waals surface area (Å²) in [5.41, 5.74) is 0. The van der Waals surface area contributed by atoms with Gasteiger partial charge in [-0.1, -0.05) is 12.6 Å². The van der Waals surface area contributed by atoms with Crippen LogP contribution in [0.25, 0.3) is 0 Å². The van der Waals surface area contributed by atoms with Crippen LogP contribution >= 0.6 is 0 Å². The summed E-state index contributed by atoms with van der Waals surface area (Å²) in [4.78, 5) is 4.89. The van der Waals surface area contributed by atoms with Crippen LogP contribution in [-0.4, -0.2) is 0 Å². The van der Waals surface area contributed by atoms with Crippen LogP contribution in [0.4, 0.5) is 0 Å². The largest absolute Gasteiger partial charge is 0.240 e. The number of aromatic nitrogens is 1. The molecule has 2 heteroatoms. The topological polar surface area (TPSA) is 13.1 Å². The van der Waals surface area contributed by atoms with Gasteiger partial charge in [-0.25, -0.2) is 4.84 Å². The van der Waals surface area contributed by atoms with Gasteiger partial charge in [0, 0.05) is 16.9 Å². The molecular weight excluding hydrogens is 114 g/mol. The Bertz CT molecular complexity index is 183. The number of pyridine rings is 1. The molecule has 1 aromatic heterocycles.